The SMILES string of the molecule is CC1C2CCN3c4ccn5ncc(c5n4)C(=O)N[C@H](C)COc4ccc(F)cc4[C@]123. The van der Waals surface area contributed by atoms with E-state index < -0.39 is 0 Å². The zero-order chi connectivity index (χ0) is 20.6. The van der Waals surface area contributed by atoms with Crippen LogP contribution in [0.15, 0.2) is 36.7 Å². The van der Waals surface area contributed by atoms with Crippen LogP contribution < -0.4 is 15.0 Å². The van der Waals surface area contributed by atoms with Crippen molar-refractivity contribution in [1.82, 2.24) is 19.9 Å². The Hall–Kier alpha value is -3.16. The van der Waals surface area contributed by atoms with Gasteiger partial charge in [0, 0.05) is 18.3 Å². The van der Waals surface area contributed by atoms with Crippen LogP contribution in [0.2, 0.25) is 0 Å². The Morgan fingerprint density at radius 1 is 1.30 bits per heavy atom. The molecule has 2 fully saturated rings. The van der Waals surface area contributed by atoms with Crippen molar-refractivity contribution in [3.63, 3.8) is 0 Å². The molecular weight excluding hydrogens is 385 g/mol. The molecule has 3 aliphatic rings. The number of benzene rings is 1. The number of amides is 1. The molecule has 2 unspecified atom stereocenters. The second-order valence-electron chi connectivity index (χ2n) is 8.60. The summed E-state index contributed by atoms with van der Waals surface area (Å²) in [6.07, 6.45) is 4.38. The van der Waals surface area contributed by atoms with Gasteiger partial charge >= 0.3 is 0 Å². The molecule has 1 saturated heterocycles. The van der Waals surface area contributed by atoms with E-state index in [1.54, 1.807) is 22.8 Å². The highest BCUT2D eigenvalue weighted by atomic mass is 19.1. The topological polar surface area (TPSA) is 71.8 Å². The second-order valence-corrected chi connectivity index (χ2v) is 8.60. The Kier molecular flexibility index (Phi) is 3.50. The summed E-state index contributed by atoms with van der Waals surface area (Å²) in [5.74, 6) is 1.68. The van der Waals surface area contributed by atoms with E-state index in [1.807, 2.05) is 19.2 Å². The highest BCUT2D eigenvalue weighted by molar-refractivity contribution is 6.00. The van der Waals surface area contributed by atoms with Crippen molar-refractivity contribution >= 4 is 17.4 Å². The first-order chi connectivity index (χ1) is 14.5. The Morgan fingerprint density at radius 2 is 2.17 bits per heavy atom. The Bertz CT molecular complexity index is 1190. The predicted octanol–water partition coefficient (Wildman–Crippen LogP) is 2.75. The monoisotopic (exact) mass is 407 g/mol. The van der Waals surface area contributed by atoms with Crippen LogP contribution in [0.4, 0.5) is 10.2 Å². The zero-order valence-electron chi connectivity index (χ0n) is 16.8. The van der Waals surface area contributed by atoms with Crippen LogP contribution >= 0.6 is 0 Å². The number of nitrogens with one attached hydrogen (secondary N) is 1. The lowest BCUT2D eigenvalue weighted by Gasteiger charge is -2.32. The van der Waals surface area contributed by atoms with E-state index in [-0.39, 0.29) is 29.9 Å². The van der Waals surface area contributed by atoms with Crippen LogP contribution in [0.3, 0.4) is 0 Å². The highest BCUT2D eigenvalue weighted by Crippen LogP contribution is 2.69. The van der Waals surface area contributed by atoms with Crippen molar-refractivity contribution in [2.24, 2.45) is 11.8 Å². The van der Waals surface area contributed by atoms with Crippen LogP contribution in [0.5, 0.6) is 5.75 Å². The quantitative estimate of drug-likeness (QED) is 0.621. The number of carbonyl (C=O) groups excluding carboxylic acids is 1. The van der Waals surface area contributed by atoms with Crippen molar-refractivity contribution in [2.75, 3.05) is 18.1 Å². The summed E-state index contributed by atoms with van der Waals surface area (Å²) in [4.78, 5) is 19.9. The van der Waals surface area contributed by atoms with Crippen molar-refractivity contribution in [2.45, 2.75) is 31.8 Å². The number of hydrogen-bond donors (Lipinski definition) is 1. The van der Waals surface area contributed by atoms with Crippen LogP contribution in [-0.2, 0) is 5.54 Å². The van der Waals surface area contributed by atoms with Gasteiger partial charge in [-0.05, 0) is 49.4 Å². The van der Waals surface area contributed by atoms with Gasteiger partial charge in [0.2, 0.25) is 0 Å². The molecular formula is C22H22FN5O2. The van der Waals surface area contributed by atoms with E-state index in [9.17, 15) is 9.18 Å². The number of ether oxygens (including phenoxy) is 1. The van der Waals surface area contributed by atoms with Gasteiger partial charge in [0.15, 0.2) is 5.65 Å². The summed E-state index contributed by atoms with van der Waals surface area (Å²) in [7, 11) is 0. The van der Waals surface area contributed by atoms with Crippen LogP contribution in [0.1, 0.15) is 36.2 Å². The molecule has 1 saturated carbocycles. The minimum absolute atomic E-state index is 0.237. The molecule has 4 atom stereocenters. The molecule has 1 aromatic carbocycles. The van der Waals surface area contributed by atoms with Crippen LogP contribution in [0, 0.1) is 17.7 Å². The molecule has 1 N–H and O–H groups in total. The summed E-state index contributed by atoms with van der Waals surface area (Å²) in [6, 6.07) is 6.42. The fourth-order valence-electron chi connectivity index (χ4n) is 5.56. The van der Waals surface area contributed by atoms with Gasteiger partial charge in [-0.25, -0.2) is 13.9 Å². The molecule has 1 amide bonds. The normalized spacial score (nSPS) is 29.8. The Labute approximate surface area is 172 Å². The number of piperidine rings is 1. The molecule has 8 heteroatoms. The lowest BCUT2D eigenvalue weighted by atomic mass is 9.99. The number of halogens is 1. The van der Waals surface area contributed by atoms with Crippen molar-refractivity contribution in [3.8, 4) is 5.75 Å². The van der Waals surface area contributed by atoms with E-state index in [0.717, 1.165) is 24.3 Å². The molecule has 2 aromatic heterocycles. The summed E-state index contributed by atoms with van der Waals surface area (Å²) < 4.78 is 22.1. The molecule has 6 rings (SSSR count). The first kappa shape index (κ1) is 17.7. The van der Waals surface area contributed by atoms with E-state index >= 15 is 0 Å². The van der Waals surface area contributed by atoms with Gasteiger partial charge in [0.25, 0.3) is 5.91 Å². The standard InChI is InChI=1S/C22H22FN5O2/c1-12-11-30-18-4-3-14(23)9-17(18)22-13(2)16(22)5-7-27(22)19-6-8-28-20(26-19)15(10-24-28)21(29)25-12/h3-4,6,8-10,12-13,16H,5,7,11H2,1-2H3,(H,25,29)/t12-,13?,16?,22+/m1/s1. The van der Waals surface area contributed by atoms with Crippen molar-refractivity contribution in [1.29, 1.82) is 0 Å². The molecule has 3 aromatic rings. The summed E-state index contributed by atoms with van der Waals surface area (Å²) in [5, 5.41) is 7.23. The number of hydrogen-bond acceptors (Lipinski definition) is 5. The number of fused-ring (bicyclic) bond motifs is 3. The average molecular weight is 407 g/mol. The fourth-order valence-corrected chi connectivity index (χ4v) is 5.56. The molecule has 2 aliphatic heterocycles. The van der Waals surface area contributed by atoms with E-state index in [0.29, 0.717) is 28.8 Å². The summed E-state index contributed by atoms with van der Waals surface area (Å²) >= 11 is 0. The number of nitrogens with zero attached hydrogens (tertiary/aromatic N) is 4. The molecule has 2 bridgehead atoms. The van der Waals surface area contributed by atoms with Gasteiger partial charge in [-0.2, -0.15) is 5.10 Å². The highest BCUT2D eigenvalue weighted by Gasteiger charge is 2.70. The Balaban J connectivity index is 1.59. The number of anilines is 1. The van der Waals surface area contributed by atoms with Crippen molar-refractivity contribution in [3.05, 3.63) is 53.6 Å². The van der Waals surface area contributed by atoms with Gasteiger partial charge < -0.3 is 15.0 Å². The number of aromatic nitrogens is 3. The largest absolute Gasteiger partial charge is 0.491 e. The first-order valence-electron chi connectivity index (χ1n) is 10.4. The maximum atomic E-state index is 14.4. The van der Waals surface area contributed by atoms with E-state index in [4.69, 9.17) is 9.72 Å². The van der Waals surface area contributed by atoms with E-state index in [2.05, 4.69) is 22.2 Å². The third-order valence-corrected chi connectivity index (χ3v) is 6.98. The number of carbonyl (C=O) groups is 1. The molecule has 154 valence electrons. The lowest BCUT2D eigenvalue weighted by Crippen LogP contribution is -2.37. The zero-order valence-corrected chi connectivity index (χ0v) is 16.8. The van der Waals surface area contributed by atoms with Gasteiger partial charge in [0.1, 0.15) is 29.6 Å². The third kappa shape index (κ3) is 2.21. The maximum Gasteiger partial charge on any atom is 0.257 e. The van der Waals surface area contributed by atoms with E-state index in [1.165, 1.54) is 6.07 Å². The summed E-state index contributed by atoms with van der Waals surface area (Å²) in [5.41, 5.74) is 1.46. The van der Waals surface area contributed by atoms with Gasteiger partial charge in [-0.3, -0.25) is 4.79 Å². The maximum absolute atomic E-state index is 14.4. The van der Waals surface area contributed by atoms with Crippen LogP contribution in [-0.4, -0.2) is 39.7 Å². The average Bonchev–Trinajstić information content (AvgIpc) is 3.07. The van der Waals surface area contributed by atoms with Gasteiger partial charge in [-0.1, -0.05) is 6.92 Å². The Morgan fingerprint density at radius 3 is 3.00 bits per heavy atom. The van der Waals surface area contributed by atoms with Crippen LogP contribution in [0.25, 0.3) is 5.65 Å². The molecule has 1 aliphatic carbocycles. The fraction of sp³-hybridized carbons (Fsp3) is 0.409. The lowest BCUT2D eigenvalue weighted by molar-refractivity contribution is 0.0928. The van der Waals surface area contributed by atoms with Gasteiger partial charge in [0.05, 0.1) is 17.8 Å². The smallest absolute Gasteiger partial charge is 0.257 e. The third-order valence-electron chi connectivity index (χ3n) is 6.98. The molecule has 4 heterocycles. The first-order valence-corrected chi connectivity index (χ1v) is 10.4. The molecule has 30 heavy (non-hydrogen) atoms. The van der Waals surface area contributed by atoms with Crippen molar-refractivity contribution < 1.29 is 13.9 Å². The number of rotatable bonds is 0. The summed E-state index contributed by atoms with van der Waals surface area (Å²) in [6.45, 7) is 5.20. The minimum Gasteiger partial charge on any atom is -0.491 e. The predicted molar refractivity (Wildman–Crippen MR) is 108 cm³/mol. The molecule has 7 nitrogen and oxygen atoms in total. The minimum atomic E-state index is -0.350. The molecule has 0 radical (unpaired) electrons. The second kappa shape index (κ2) is 5.93. The molecule has 1 spiro atoms. The van der Waals surface area contributed by atoms with Gasteiger partial charge in [-0.15, -0.1) is 0 Å².